The summed E-state index contributed by atoms with van der Waals surface area (Å²) in [6, 6.07) is 16.6. The molecule has 8 nitrogen and oxygen atoms in total. The summed E-state index contributed by atoms with van der Waals surface area (Å²) in [4.78, 5) is 19.7. The zero-order chi connectivity index (χ0) is 25.0. The number of rotatable bonds is 6. The maximum atomic E-state index is 12.8. The SMILES string of the molecule is O=C(O)c1ccc(O)c(/N=N/c2ccccc2-c2ccnc(Nc3ccc(C(F)(F)F)cc3)n2)c1. The van der Waals surface area contributed by atoms with E-state index in [-0.39, 0.29) is 22.9 Å². The van der Waals surface area contributed by atoms with E-state index >= 15 is 0 Å². The Balaban J connectivity index is 1.61. The number of carboxylic acids is 1. The predicted octanol–water partition coefficient (Wildman–Crippen LogP) is 6.73. The molecule has 1 heterocycles. The van der Waals surface area contributed by atoms with Crippen LogP contribution in [-0.4, -0.2) is 26.2 Å². The largest absolute Gasteiger partial charge is 0.506 e. The van der Waals surface area contributed by atoms with Crippen molar-refractivity contribution in [3.63, 3.8) is 0 Å². The summed E-state index contributed by atoms with van der Waals surface area (Å²) in [6.07, 6.45) is -2.95. The minimum Gasteiger partial charge on any atom is -0.506 e. The number of nitrogens with zero attached hydrogens (tertiary/aromatic N) is 4. The number of azo groups is 1. The molecule has 4 aromatic rings. The molecule has 0 aliphatic heterocycles. The van der Waals surface area contributed by atoms with Gasteiger partial charge >= 0.3 is 12.1 Å². The molecular weight excluding hydrogens is 463 g/mol. The third-order valence-corrected chi connectivity index (χ3v) is 4.79. The zero-order valence-electron chi connectivity index (χ0n) is 17.7. The molecule has 0 saturated heterocycles. The van der Waals surface area contributed by atoms with Gasteiger partial charge < -0.3 is 15.5 Å². The fraction of sp³-hybridized carbons (Fsp3) is 0.0417. The van der Waals surface area contributed by atoms with E-state index in [4.69, 9.17) is 5.11 Å². The maximum absolute atomic E-state index is 12.8. The molecule has 0 unspecified atom stereocenters. The molecule has 3 aromatic carbocycles. The summed E-state index contributed by atoms with van der Waals surface area (Å²) in [6.45, 7) is 0. The number of anilines is 2. The van der Waals surface area contributed by atoms with Crippen molar-refractivity contribution in [2.75, 3.05) is 5.32 Å². The summed E-state index contributed by atoms with van der Waals surface area (Å²) >= 11 is 0. The molecule has 0 aliphatic carbocycles. The molecule has 0 atom stereocenters. The van der Waals surface area contributed by atoms with Crippen molar-refractivity contribution in [2.24, 2.45) is 10.2 Å². The number of benzene rings is 3. The topological polar surface area (TPSA) is 120 Å². The summed E-state index contributed by atoms with van der Waals surface area (Å²) in [5.41, 5.74) is 0.919. The van der Waals surface area contributed by atoms with Crippen LogP contribution in [0.5, 0.6) is 5.75 Å². The number of hydrogen-bond acceptors (Lipinski definition) is 7. The highest BCUT2D eigenvalue weighted by atomic mass is 19.4. The Labute approximate surface area is 196 Å². The van der Waals surface area contributed by atoms with Gasteiger partial charge in [-0.3, -0.25) is 0 Å². The zero-order valence-corrected chi connectivity index (χ0v) is 17.7. The molecule has 11 heteroatoms. The summed E-state index contributed by atoms with van der Waals surface area (Å²) in [5.74, 6) is -1.25. The number of aromatic carboxylic acids is 1. The van der Waals surface area contributed by atoms with Gasteiger partial charge in [0.2, 0.25) is 5.95 Å². The summed E-state index contributed by atoms with van der Waals surface area (Å²) in [7, 11) is 0. The van der Waals surface area contributed by atoms with E-state index in [1.807, 2.05) is 0 Å². The lowest BCUT2D eigenvalue weighted by Crippen LogP contribution is -2.04. The molecule has 35 heavy (non-hydrogen) atoms. The van der Waals surface area contributed by atoms with Crippen molar-refractivity contribution in [3.05, 3.63) is 90.1 Å². The number of halogens is 3. The van der Waals surface area contributed by atoms with E-state index in [1.165, 1.54) is 36.5 Å². The predicted molar refractivity (Wildman–Crippen MR) is 121 cm³/mol. The van der Waals surface area contributed by atoms with Gasteiger partial charge in [-0.2, -0.15) is 13.2 Å². The van der Waals surface area contributed by atoms with Gasteiger partial charge in [-0.1, -0.05) is 18.2 Å². The second-order valence-electron chi connectivity index (χ2n) is 7.19. The highest BCUT2D eigenvalue weighted by Gasteiger charge is 2.29. The first-order valence-corrected chi connectivity index (χ1v) is 10.1. The maximum Gasteiger partial charge on any atom is 0.416 e. The van der Waals surface area contributed by atoms with Gasteiger partial charge in [-0.25, -0.2) is 14.8 Å². The molecule has 0 aliphatic rings. The lowest BCUT2D eigenvalue weighted by molar-refractivity contribution is -0.137. The quantitative estimate of drug-likeness (QED) is 0.264. The van der Waals surface area contributed by atoms with Crippen LogP contribution in [0.15, 0.2) is 89.2 Å². The Morgan fingerprint density at radius 3 is 2.34 bits per heavy atom. The van der Waals surface area contributed by atoms with Crippen LogP contribution in [0.4, 0.5) is 36.2 Å². The fourth-order valence-corrected chi connectivity index (χ4v) is 3.06. The van der Waals surface area contributed by atoms with Crippen molar-refractivity contribution in [1.82, 2.24) is 9.97 Å². The standard InChI is InChI=1S/C24H16F3N5O3/c25-24(26,27)15-6-8-16(9-7-15)29-23-28-12-11-18(30-23)17-3-1-2-4-19(17)31-32-20-13-14(22(34)35)5-10-21(20)33/h1-13,33H,(H,34,35)(H,28,29,30)/b32-31+. The van der Waals surface area contributed by atoms with Crippen LogP contribution < -0.4 is 5.32 Å². The molecule has 1 aromatic heterocycles. The fourth-order valence-electron chi connectivity index (χ4n) is 3.06. The van der Waals surface area contributed by atoms with Crippen LogP contribution in [0, 0.1) is 0 Å². The molecule has 4 rings (SSSR count). The molecule has 0 spiro atoms. The average molecular weight is 479 g/mol. The number of phenols is 1. The Kier molecular flexibility index (Phi) is 6.40. The van der Waals surface area contributed by atoms with Crippen molar-refractivity contribution >= 4 is 29.0 Å². The Morgan fingerprint density at radius 2 is 1.63 bits per heavy atom. The van der Waals surface area contributed by atoms with Gasteiger partial charge in [0, 0.05) is 17.4 Å². The van der Waals surface area contributed by atoms with Crippen molar-refractivity contribution in [2.45, 2.75) is 6.18 Å². The molecule has 3 N–H and O–H groups in total. The van der Waals surface area contributed by atoms with E-state index in [0.29, 0.717) is 22.6 Å². The minimum absolute atomic E-state index is 0.0213. The normalized spacial score (nSPS) is 11.5. The first-order valence-electron chi connectivity index (χ1n) is 10.1. The lowest BCUT2D eigenvalue weighted by Gasteiger charge is -2.10. The molecule has 176 valence electrons. The van der Waals surface area contributed by atoms with Gasteiger partial charge in [0.1, 0.15) is 11.4 Å². The van der Waals surface area contributed by atoms with Crippen LogP contribution in [0.3, 0.4) is 0 Å². The van der Waals surface area contributed by atoms with Crippen LogP contribution >= 0.6 is 0 Å². The second kappa shape index (κ2) is 9.59. The van der Waals surface area contributed by atoms with Gasteiger partial charge in [0.05, 0.1) is 22.5 Å². The van der Waals surface area contributed by atoms with E-state index in [2.05, 4.69) is 25.5 Å². The second-order valence-corrected chi connectivity index (χ2v) is 7.19. The lowest BCUT2D eigenvalue weighted by atomic mass is 10.1. The van der Waals surface area contributed by atoms with Gasteiger partial charge in [0.25, 0.3) is 0 Å². The number of hydrogen-bond donors (Lipinski definition) is 3. The smallest absolute Gasteiger partial charge is 0.416 e. The monoisotopic (exact) mass is 479 g/mol. The summed E-state index contributed by atoms with van der Waals surface area (Å²) in [5, 5.41) is 30.1. The number of aromatic hydroxyl groups is 1. The number of nitrogens with one attached hydrogen (secondary N) is 1. The Hall–Kier alpha value is -4.80. The van der Waals surface area contributed by atoms with Gasteiger partial charge in [-0.05, 0) is 54.6 Å². The van der Waals surface area contributed by atoms with Crippen LogP contribution in [0.25, 0.3) is 11.3 Å². The average Bonchev–Trinajstić information content (AvgIpc) is 2.83. The van der Waals surface area contributed by atoms with E-state index in [0.717, 1.165) is 12.1 Å². The molecular formula is C24H16F3N5O3. The van der Waals surface area contributed by atoms with E-state index in [9.17, 15) is 23.1 Å². The van der Waals surface area contributed by atoms with Gasteiger partial charge in [-0.15, -0.1) is 10.2 Å². The number of carboxylic acid groups (broad SMARTS) is 1. The number of alkyl halides is 3. The minimum atomic E-state index is -4.43. The number of aromatic nitrogens is 2. The molecule has 0 bridgehead atoms. The molecule has 0 saturated carbocycles. The third kappa shape index (κ3) is 5.58. The van der Waals surface area contributed by atoms with Crippen molar-refractivity contribution in [3.8, 4) is 17.0 Å². The number of phenolic OH excluding ortho intramolecular Hbond substituents is 1. The first-order chi connectivity index (χ1) is 16.7. The highest BCUT2D eigenvalue weighted by Crippen LogP contribution is 2.34. The third-order valence-electron chi connectivity index (χ3n) is 4.79. The van der Waals surface area contributed by atoms with E-state index < -0.39 is 17.7 Å². The van der Waals surface area contributed by atoms with Crippen LogP contribution in [0.1, 0.15) is 15.9 Å². The summed E-state index contributed by atoms with van der Waals surface area (Å²) < 4.78 is 38.3. The number of carbonyl (C=O) groups is 1. The van der Waals surface area contributed by atoms with Crippen LogP contribution in [-0.2, 0) is 6.18 Å². The van der Waals surface area contributed by atoms with Crippen molar-refractivity contribution in [1.29, 1.82) is 0 Å². The highest BCUT2D eigenvalue weighted by molar-refractivity contribution is 5.89. The first kappa shape index (κ1) is 23.4. The molecule has 0 radical (unpaired) electrons. The molecule has 0 fully saturated rings. The van der Waals surface area contributed by atoms with E-state index in [1.54, 1.807) is 30.3 Å². The molecule has 0 amide bonds. The Morgan fingerprint density at radius 1 is 0.914 bits per heavy atom. The van der Waals surface area contributed by atoms with Crippen LogP contribution in [0.2, 0.25) is 0 Å². The van der Waals surface area contributed by atoms with Gasteiger partial charge in [0.15, 0.2) is 0 Å². The Bertz CT molecular complexity index is 1410. The van der Waals surface area contributed by atoms with Crippen molar-refractivity contribution < 1.29 is 28.2 Å².